The lowest BCUT2D eigenvalue weighted by atomic mass is 10.1. The summed E-state index contributed by atoms with van der Waals surface area (Å²) in [5.41, 5.74) is 3.81. The number of nitrogens with one attached hydrogen (secondary N) is 3. The summed E-state index contributed by atoms with van der Waals surface area (Å²) in [6.45, 7) is 5.75. The minimum absolute atomic E-state index is 0.0603. The van der Waals surface area contributed by atoms with Crippen LogP contribution in [0.15, 0.2) is 12.1 Å². The van der Waals surface area contributed by atoms with Crippen LogP contribution in [0.5, 0.6) is 0 Å². The number of rotatable bonds is 6. The van der Waals surface area contributed by atoms with Crippen molar-refractivity contribution in [1.82, 2.24) is 15.5 Å². The molecule has 5 amide bonds. The molecule has 1 saturated heterocycles. The summed E-state index contributed by atoms with van der Waals surface area (Å²) >= 11 is 0. The number of urea groups is 1. The quantitative estimate of drug-likeness (QED) is 0.658. The lowest BCUT2D eigenvalue weighted by Gasteiger charge is -2.19. The van der Waals surface area contributed by atoms with Crippen molar-refractivity contribution in [2.24, 2.45) is 0 Å². The molecule has 1 fully saturated rings. The van der Waals surface area contributed by atoms with E-state index in [-0.39, 0.29) is 31.2 Å². The van der Waals surface area contributed by atoms with E-state index in [1.54, 1.807) is 0 Å². The Balaban J connectivity index is 1.85. The molecule has 0 unspecified atom stereocenters. The van der Waals surface area contributed by atoms with Gasteiger partial charge in [0.15, 0.2) is 0 Å². The molecule has 1 heterocycles. The number of carbonyl (C=O) groups is 4. The fraction of sp³-hybridized carbons (Fsp3) is 0.444. The van der Waals surface area contributed by atoms with Crippen LogP contribution in [0.25, 0.3) is 0 Å². The number of hydrogen-bond donors (Lipinski definition) is 3. The first-order chi connectivity index (χ1) is 12.2. The summed E-state index contributed by atoms with van der Waals surface area (Å²) in [4.78, 5) is 48.2. The first kappa shape index (κ1) is 19.4. The molecule has 2 rings (SSSR count). The molecule has 8 nitrogen and oxygen atoms in total. The van der Waals surface area contributed by atoms with E-state index in [1.165, 1.54) is 11.9 Å². The second-order valence-corrected chi connectivity index (χ2v) is 6.63. The van der Waals surface area contributed by atoms with Crippen LogP contribution >= 0.6 is 0 Å². The minimum Gasteiger partial charge on any atom is -0.336 e. The molecule has 0 aliphatic carbocycles. The van der Waals surface area contributed by atoms with Crippen molar-refractivity contribution < 1.29 is 19.2 Å². The third-order valence-corrected chi connectivity index (χ3v) is 4.25. The molecule has 1 atom stereocenters. The van der Waals surface area contributed by atoms with Gasteiger partial charge < -0.3 is 15.5 Å². The largest absolute Gasteiger partial charge is 0.336 e. The summed E-state index contributed by atoms with van der Waals surface area (Å²) in [6, 6.07) is 2.71. The van der Waals surface area contributed by atoms with Gasteiger partial charge in [0.25, 0.3) is 5.91 Å². The fourth-order valence-corrected chi connectivity index (χ4v) is 2.98. The molecule has 1 aliphatic heterocycles. The maximum Gasteiger partial charge on any atom is 0.322 e. The van der Waals surface area contributed by atoms with Crippen molar-refractivity contribution in [1.29, 1.82) is 0 Å². The Bertz CT molecular complexity index is 737. The first-order valence-electron chi connectivity index (χ1n) is 8.40. The van der Waals surface area contributed by atoms with E-state index < -0.39 is 18.0 Å². The van der Waals surface area contributed by atoms with Crippen LogP contribution in [0.4, 0.5) is 10.5 Å². The fourth-order valence-electron chi connectivity index (χ4n) is 2.98. The van der Waals surface area contributed by atoms with Gasteiger partial charge in [-0.25, -0.2) is 4.79 Å². The van der Waals surface area contributed by atoms with E-state index in [9.17, 15) is 19.2 Å². The van der Waals surface area contributed by atoms with E-state index in [0.717, 1.165) is 22.4 Å². The van der Waals surface area contributed by atoms with Gasteiger partial charge in [-0.1, -0.05) is 17.7 Å². The second kappa shape index (κ2) is 7.99. The molecule has 3 N–H and O–H groups in total. The number of carbonyl (C=O) groups excluding carboxylic acids is 4. The Kier molecular flexibility index (Phi) is 5.97. The van der Waals surface area contributed by atoms with Gasteiger partial charge in [-0.2, -0.15) is 0 Å². The number of imide groups is 1. The third kappa shape index (κ3) is 4.81. The van der Waals surface area contributed by atoms with Gasteiger partial charge in [0.1, 0.15) is 6.04 Å². The SMILES string of the molecule is Cc1cc(C)c(NC(=O)CN(C)C(=O)CC[C@H]2NC(=O)NC2=O)c(C)c1. The summed E-state index contributed by atoms with van der Waals surface area (Å²) in [7, 11) is 1.53. The predicted octanol–water partition coefficient (Wildman–Crippen LogP) is 0.997. The van der Waals surface area contributed by atoms with Crippen molar-refractivity contribution in [3.63, 3.8) is 0 Å². The van der Waals surface area contributed by atoms with Gasteiger partial charge in [-0.05, 0) is 38.3 Å². The number of benzene rings is 1. The summed E-state index contributed by atoms with van der Waals surface area (Å²) in [6.07, 6.45) is 0.253. The summed E-state index contributed by atoms with van der Waals surface area (Å²) in [5.74, 6) is -0.997. The molecule has 0 saturated carbocycles. The van der Waals surface area contributed by atoms with Crippen LogP contribution in [0.3, 0.4) is 0 Å². The van der Waals surface area contributed by atoms with Crippen LogP contribution < -0.4 is 16.0 Å². The van der Waals surface area contributed by atoms with Crippen molar-refractivity contribution in [3.05, 3.63) is 28.8 Å². The first-order valence-corrected chi connectivity index (χ1v) is 8.40. The van der Waals surface area contributed by atoms with Crippen molar-refractivity contribution >= 4 is 29.4 Å². The Labute approximate surface area is 152 Å². The molecule has 0 radical (unpaired) electrons. The maximum atomic E-state index is 12.2. The van der Waals surface area contributed by atoms with Gasteiger partial charge in [0.2, 0.25) is 11.8 Å². The number of amides is 5. The Morgan fingerprint density at radius 1 is 1.15 bits per heavy atom. The highest BCUT2D eigenvalue weighted by Gasteiger charge is 2.30. The minimum atomic E-state index is -0.702. The van der Waals surface area contributed by atoms with E-state index in [4.69, 9.17) is 0 Å². The molecule has 1 aliphatic rings. The molecule has 26 heavy (non-hydrogen) atoms. The number of hydrogen-bond acceptors (Lipinski definition) is 4. The molecule has 8 heteroatoms. The highest BCUT2D eigenvalue weighted by atomic mass is 16.2. The number of aryl methyl sites for hydroxylation is 3. The van der Waals surface area contributed by atoms with E-state index in [1.807, 2.05) is 32.9 Å². The molecule has 0 bridgehead atoms. The van der Waals surface area contributed by atoms with Crippen LogP contribution in [0, 0.1) is 20.8 Å². The predicted molar refractivity (Wildman–Crippen MR) is 96.6 cm³/mol. The van der Waals surface area contributed by atoms with Gasteiger partial charge >= 0.3 is 6.03 Å². The van der Waals surface area contributed by atoms with Crippen LogP contribution in [-0.4, -0.2) is 48.3 Å². The van der Waals surface area contributed by atoms with Gasteiger partial charge in [-0.3, -0.25) is 19.7 Å². The monoisotopic (exact) mass is 360 g/mol. The Morgan fingerprint density at radius 3 is 2.31 bits per heavy atom. The van der Waals surface area contributed by atoms with Crippen molar-refractivity contribution in [2.75, 3.05) is 18.9 Å². The smallest absolute Gasteiger partial charge is 0.322 e. The van der Waals surface area contributed by atoms with Gasteiger partial charge in [0, 0.05) is 19.2 Å². The third-order valence-electron chi connectivity index (χ3n) is 4.25. The number of anilines is 1. The molecular formula is C18H24N4O4. The number of nitrogens with zero attached hydrogens (tertiary/aromatic N) is 1. The lowest BCUT2D eigenvalue weighted by molar-refractivity contribution is -0.133. The van der Waals surface area contributed by atoms with Crippen LogP contribution in [-0.2, 0) is 14.4 Å². The Hall–Kier alpha value is -2.90. The van der Waals surface area contributed by atoms with E-state index in [2.05, 4.69) is 16.0 Å². The van der Waals surface area contributed by atoms with Crippen molar-refractivity contribution in [2.45, 2.75) is 39.7 Å². The topological polar surface area (TPSA) is 108 Å². The zero-order chi connectivity index (χ0) is 19.4. The van der Waals surface area contributed by atoms with Crippen LogP contribution in [0.2, 0.25) is 0 Å². The molecule has 1 aromatic rings. The van der Waals surface area contributed by atoms with E-state index in [0.29, 0.717) is 0 Å². The average Bonchev–Trinajstić information content (AvgIpc) is 2.86. The summed E-state index contributed by atoms with van der Waals surface area (Å²) in [5, 5.41) is 7.40. The molecule has 1 aromatic carbocycles. The normalized spacial score (nSPS) is 16.1. The second-order valence-electron chi connectivity index (χ2n) is 6.63. The molecule has 140 valence electrons. The Morgan fingerprint density at radius 2 is 1.77 bits per heavy atom. The zero-order valence-electron chi connectivity index (χ0n) is 15.4. The molecule has 0 spiro atoms. The average molecular weight is 360 g/mol. The summed E-state index contributed by atoms with van der Waals surface area (Å²) < 4.78 is 0. The number of likely N-dealkylation sites (N-methyl/N-ethyl adjacent to an activating group) is 1. The lowest BCUT2D eigenvalue weighted by Crippen LogP contribution is -2.36. The highest BCUT2D eigenvalue weighted by Crippen LogP contribution is 2.21. The van der Waals surface area contributed by atoms with Gasteiger partial charge in [0.05, 0.1) is 6.54 Å². The standard InChI is InChI=1S/C18H24N4O4/c1-10-7-11(2)16(12(3)8-10)20-14(23)9-22(4)15(24)6-5-13-17(25)21-18(26)19-13/h7-8,13H,5-6,9H2,1-4H3,(H,20,23)(H2,19,21,25,26)/t13-/m1/s1. The van der Waals surface area contributed by atoms with E-state index >= 15 is 0 Å². The van der Waals surface area contributed by atoms with Crippen LogP contribution in [0.1, 0.15) is 29.5 Å². The maximum absolute atomic E-state index is 12.2. The van der Waals surface area contributed by atoms with Crippen molar-refractivity contribution in [3.8, 4) is 0 Å². The zero-order valence-corrected chi connectivity index (χ0v) is 15.4. The molecular weight excluding hydrogens is 336 g/mol. The van der Waals surface area contributed by atoms with Gasteiger partial charge in [-0.15, -0.1) is 0 Å². The molecule has 0 aromatic heterocycles. The highest BCUT2D eigenvalue weighted by molar-refractivity contribution is 6.04.